The number of rotatable bonds is 12. The number of hydrogen-bond acceptors (Lipinski definition) is 11. The zero-order valence-corrected chi connectivity index (χ0v) is 26.7. The van der Waals surface area contributed by atoms with Gasteiger partial charge in [-0.15, -0.1) is 0 Å². The van der Waals surface area contributed by atoms with Crippen LogP contribution >= 0.6 is 0 Å². The standard InChI is InChI=1S/C35H32N2O11/c1-13-9-15-23-28-25(33(44)32(15)37-12-21(42)43)17(39)11-19(47-4)27(28)26-18(46-3)10-16(36-8-6-7-20(40)41)24-30(26)29(23)31(22(13)14(2)38)35(48-5)34(24)45/h9-11,22,36-37,44H,6-8,12H2,1-5H3,(H,40,41)(H,42,43). The number of ether oxygens (including phenoxy) is 3. The van der Waals surface area contributed by atoms with Crippen molar-refractivity contribution in [2.45, 2.75) is 32.6 Å². The fourth-order valence-electron chi connectivity index (χ4n) is 7.23. The molecule has 48 heavy (non-hydrogen) atoms. The Morgan fingerprint density at radius 2 is 1.46 bits per heavy atom. The zero-order chi connectivity index (χ0) is 34.8. The van der Waals surface area contributed by atoms with Gasteiger partial charge in [0.05, 0.1) is 43.7 Å². The third-order valence-corrected chi connectivity index (χ3v) is 8.97. The fourth-order valence-corrected chi connectivity index (χ4v) is 7.23. The molecular formula is C35H32N2O11. The van der Waals surface area contributed by atoms with E-state index in [-0.39, 0.29) is 69.8 Å². The fraction of sp³-hybridized carbons (Fsp3) is 0.286. The Morgan fingerprint density at radius 3 is 2.04 bits per heavy atom. The van der Waals surface area contributed by atoms with Crippen LogP contribution in [-0.4, -0.2) is 67.5 Å². The lowest BCUT2D eigenvalue weighted by molar-refractivity contribution is -0.137. The number of phenolic OH excluding ortho intramolecular Hbond substituents is 1. The van der Waals surface area contributed by atoms with E-state index in [4.69, 9.17) is 14.2 Å². The van der Waals surface area contributed by atoms with Crippen LogP contribution in [0, 0.1) is 0 Å². The van der Waals surface area contributed by atoms with Gasteiger partial charge in [-0.25, -0.2) is 0 Å². The van der Waals surface area contributed by atoms with Crippen LogP contribution < -0.4 is 35.7 Å². The molecule has 0 amide bonds. The SMILES string of the molecule is COc1c2c3c4c(c(NCC(=O)O)c(O)c5c(=O)cc(OC)c(c6c(OC)cc(NCCCC(=O)O)c(c1=O)c63)c54)C=C(C)C2C(C)=O. The van der Waals surface area contributed by atoms with Gasteiger partial charge in [-0.2, -0.15) is 0 Å². The number of aliphatic carboxylic acids is 2. The molecule has 0 fully saturated rings. The van der Waals surface area contributed by atoms with Gasteiger partial charge in [0.25, 0.3) is 0 Å². The lowest BCUT2D eigenvalue weighted by Crippen LogP contribution is -2.19. The van der Waals surface area contributed by atoms with Crippen molar-refractivity contribution in [3.63, 3.8) is 0 Å². The first kappa shape index (κ1) is 32.1. The Kier molecular flexibility index (Phi) is 7.86. The van der Waals surface area contributed by atoms with E-state index in [0.29, 0.717) is 43.8 Å². The Hall–Kier alpha value is -5.85. The molecule has 13 nitrogen and oxygen atoms in total. The third kappa shape index (κ3) is 4.56. The summed E-state index contributed by atoms with van der Waals surface area (Å²) >= 11 is 0. The van der Waals surface area contributed by atoms with Crippen molar-refractivity contribution in [1.82, 2.24) is 0 Å². The number of carbonyl (C=O) groups is 3. The van der Waals surface area contributed by atoms with Crippen LogP contribution in [0.25, 0.3) is 49.2 Å². The highest BCUT2D eigenvalue weighted by Crippen LogP contribution is 2.56. The lowest BCUT2D eigenvalue weighted by Gasteiger charge is -2.25. The van der Waals surface area contributed by atoms with Crippen molar-refractivity contribution in [1.29, 1.82) is 0 Å². The summed E-state index contributed by atoms with van der Waals surface area (Å²) in [6.45, 7) is 2.65. The van der Waals surface area contributed by atoms with Crippen molar-refractivity contribution in [2.75, 3.05) is 45.1 Å². The molecule has 0 aromatic heterocycles. The molecule has 5 N–H and O–H groups in total. The highest BCUT2D eigenvalue weighted by atomic mass is 16.5. The zero-order valence-electron chi connectivity index (χ0n) is 26.7. The predicted octanol–water partition coefficient (Wildman–Crippen LogP) is 4.49. The Labute approximate surface area is 272 Å². The van der Waals surface area contributed by atoms with Gasteiger partial charge in [-0.3, -0.25) is 24.0 Å². The largest absolute Gasteiger partial charge is 0.505 e. The quantitative estimate of drug-likeness (QED) is 0.0545. The van der Waals surface area contributed by atoms with Crippen LogP contribution in [0.4, 0.5) is 11.4 Å². The van der Waals surface area contributed by atoms with Gasteiger partial charge in [0.15, 0.2) is 16.9 Å². The van der Waals surface area contributed by atoms with Crippen molar-refractivity contribution >= 4 is 78.3 Å². The maximum atomic E-state index is 14.6. The molecule has 0 heterocycles. The number of allylic oxidation sites excluding steroid dienone is 1. The number of benzene rings is 5. The molecule has 1 atom stereocenters. The molecule has 5 aromatic carbocycles. The van der Waals surface area contributed by atoms with Crippen molar-refractivity contribution in [3.8, 4) is 23.0 Å². The molecule has 0 bridgehead atoms. The summed E-state index contributed by atoms with van der Waals surface area (Å²) in [6, 6.07) is 2.80. The van der Waals surface area contributed by atoms with Crippen molar-refractivity contribution in [2.24, 2.45) is 0 Å². The average Bonchev–Trinajstić information content (AvgIpc) is 3.16. The second kappa shape index (κ2) is 11.7. The van der Waals surface area contributed by atoms with E-state index in [0.717, 1.165) is 0 Å². The number of phenols is 1. The summed E-state index contributed by atoms with van der Waals surface area (Å²) in [5.41, 5.74) is 0.143. The second-order valence-corrected chi connectivity index (χ2v) is 11.7. The number of Topliss-reactive ketones (excluding diaryl/α,β-unsaturated/α-hetero) is 1. The smallest absolute Gasteiger partial charge is 0.322 e. The van der Waals surface area contributed by atoms with E-state index < -0.39 is 41.0 Å². The van der Waals surface area contributed by atoms with Crippen LogP contribution in [-0.2, 0) is 14.4 Å². The van der Waals surface area contributed by atoms with Crippen molar-refractivity contribution in [3.05, 3.63) is 49.3 Å². The molecule has 0 saturated carbocycles. The van der Waals surface area contributed by atoms with Gasteiger partial charge in [0.1, 0.15) is 23.8 Å². The van der Waals surface area contributed by atoms with Crippen LogP contribution in [0.1, 0.15) is 43.7 Å². The number of methoxy groups -OCH3 is 3. The van der Waals surface area contributed by atoms with E-state index in [1.165, 1.54) is 34.3 Å². The summed E-state index contributed by atoms with van der Waals surface area (Å²) in [5, 5.41) is 38.5. The predicted molar refractivity (Wildman–Crippen MR) is 181 cm³/mol. The first-order valence-electron chi connectivity index (χ1n) is 15.0. The highest BCUT2D eigenvalue weighted by molar-refractivity contribution is 6.40. The first-order chi connectivity index (χ1) is 22.9. The summed E-state index contributed by atoms with van der Waals surface area (Å²) in [5.74, 6) is -3.73. The van der Waals surface area contributed by atoms with E-state index in [1.807, 2.05) is 0 Å². The number of aromatic hydroxyl groups is 1. The first-order valence-corrected chi connectivity index (χ1v) is 15.0. The molecule has 0 saturated heterocycles. The van der Waals surface area contributed by atoms with E-state index in [9.17, 15) is 39.3 Å². The van der Waals surface area contributed by atoms with Gasteiger partial charge in [0.2, 0.25) is 5.43 Å². The number of carboxylic acid groups (broad SMARTS) is 2. The number of anilines is 2. The molecule has 248 valence electrons. The maximum Gasteiger partial charge on any atom is 0.322 e. The number of nitrogens with one attached hydrogen (secondary N) is 2. The average molecular weight is 657 g/mol. The number of fused-ring (bicyclic) bond motifs is 1. The monoisotopic (exact) mass is 656 g/mol. The maximum absolute atomic E-state index is 14.6. The van der Waals surface area contributed by atoms with Gasteiger partial charge < -0.3 is 40.2 Å². The van der Waals surface area contributed by atoms with Crippen LogP contribution in [0.5, 0.6) is 23.0 Å². The van der Waals surface area contributed by atoms with Crippen LogP contribution in [0.15, 0.2) is 27.3 Å². The number of hydrogen-bond donors (Lipinski definition) is 5. The normalized spacial score (nSPS) is 14.0. The van der Waals surface area contributed by atoms with Crippen LogP contribution in [0.3, 0.4) is 0 Å². The third-order valence-electron chi connectivity index (χ3n) is 8.97. The molecule has 6 rings (SSSR count). The molecule has 0 radical (unpaired) electrons. The molecule has 0 spiro atoms. The minimum absolute atomic E-state index is 0.0423. The minimum Gasteiger partial charge on any atom is -0.505 e. The van der Waals surface area contributed by atoms with E-state index >= 15 is 0 Å². The van der Waals surface area contributed by atoms with Crippen LogP contribution in [0.2, 0.25) is 0 Å². The van der Waals surface area contributed by atoms with Gasteiger partial charge in [-0.1, -0.05) is 11.6 Å². The van der Waals surface area contributed by atoms with E-state index in [2.05, 4.69) is 10.6 Å². The molecular weight excluding hydrogens is 624 g/mol. The van der Waals surface area contributed by atoms with E-state index in [1.54, 1.807) is 19.1 Å². The Bertz CT molecular complexity index is 2360. The Morgan fingerprint density at radius 1 is 0.812 bits per heavy atom. The van der Waals surface area contributed by atoms with Crippen molar-refractivity contribution < 1.29 is 43.9 Å². The van der Waals surface area contributed by atoms with Gasteiger partial charge in [-0.05, 0) is 25.7 Å². The number of carboxylic acids is 2. The summed E-state index contributed by atoms with van der Waals surface area (Å²) < 4.78 is 17.4. The summed E-state index contributed by atoms with van der Waals surface area (Å²) in [4.78, 5) is 64.8. The molecule has 13 heteroatoms. The Balaban J connectivity index is 2.00. The summed E-state index contributed by atoms with van der Waals surface area (Å²) in [7, 11) is 4.13. The molecule has 1 unspecified atom stereocenters. The molecule has 1 aliphatic rings. The van der Waals surface area contributed by atoms with Gasteiger partial charge >= 0.3 is 11.9 Å². The second-order valence-electron chi connectivity index (χ2n) is 11.7. The highest BCUT2D eigenvalue weighted by Gasteiger charge is 2.37. The number of ketones is 1. The molecule has 0 aliphatic heterocycles. The lowest BCUT2D eigenvalue weighted by atomic mass is 9.80. The molecule has 5 aromatic rings. The molecule has 1 aliphatic carbocycles. The minimum atomic E-state index is -1.22. The summed E-state index contributed by atoms with van der Waals surface area (Å²) in [6.07, 6.45) is 1.78. The number of carbonyl (C=O) groups excluding carboxylic acids is 1. The topological polar surface area (TPSA) is 198 Å². The van der Waals surface area contributed by atoms with Gasteiger partial charge in [0, 0.05) is 68.8 Å².